The van der Waals surface area contributed by atoms with Crippen LogP contribution in [0.5, 0.6) is 5.75 Å². The molecule has 10 heteroatoms. The second-order valence-corrected chi connectivity index (χ2v) is 9.15. The number of carbonyl (C=O) groups excluding carboxylic acids is 1. The van der Waals surface area contributed by atoms with E-state index in [-0.39, 0.29) is 27.1 Å². The summed E-state index contributed by atoms with van der Waals surface area (Å²) in [5, 5.41) is 10.7. The van der Waals surface area contributed by atoms with Gasteiger partial charge in [0.2, 0.25) is 0 Å². The van der Waals surface area contributed by atoms with Crippen molar-refractivity contribution in [2.24, 2.45) is 4.99 Å². The number of allylic oxidation sites excluding steroid dienone is 1. The molecular formula is C20H14ClN3O4S2. The van der Waals surface area contributed by atoms with E-state index in [2.05, 4.69) is 4.99 Å². The Bertz CT molecular complexity index is 1270. The molecule has 0 saturated carbocycles. The zero-order valence-corrected chi connectivity index (χ0v) is 17.9. The fraction of sp³-hybridized carbons (Fsp3) is 0.0500. The lowest BCUT2D eigenvalue weighted by Gasteiger charge is -2.25. The van der Waals surface area contributed by atoms with E-state index in [1.165, 1.54) is 42.1 Å². The molecule has 1 amide bonds. The Morgan fingerprint density at radius 1 is 1.20 bits per heavy atom. The third-order valence-corrected chi connectivity index (χ3v) is 6.77. The van der Waals surface area contributed by atoms with E-state index in [1.807, 2.05) is 12.3 Å². The molecule has 7 nitrogen and oxygen atoms in total. The molecule has 152 valence electrons. The standard InChI is InChI=1S/C20H14ClN3O4S2/c1-12-11-29-20-23-19(25)15(18(22)24(12)20)9-13-7-8-17(16(21)10-13)28-30(26,27)14-5-3-2-4-6-14/h2-11,22H,1H3. The van der Waals surface area contributed by atoms with E-state index in [1.54, 1.807) is 29.2 Å². The van der Waals surface area contributed by atoms with Crippen molar-refractivity contribution in [1.82, 2.24) is 4.90 Å². The van der Waals surface area contributed by atoms with Gasteiger partial charge in [0.25, 0.3) is 5.91 Å². The Hall–Kier alpha value is -2.88. The highest BCUT2D eigenvalue weighted by Crippen LogP contribution is 2.33. The number of hydrogen-bond acceptors (Lipinski definition) is 6. The van der Waals surface area contributed by atoms with Crippen LogP contribution in [0.25, 0.3) is 6.08 Å². The van der Waals surface area contributed by atoms with E-state index >= 15 is 0 Å². The Labute approximate surface area is 182 Å². The molecule has 4 rings (SSSR count). The predicted octanol–water partition coefficient (Wildman–Crippen LogP) is 4.27. The van der Waals surface area contributed by atoms with Gasteiger partial charge in [-0.15, -0.1) is 0 Å². The summed E-state index contributed by atoms with van der Waals surface area (Å²) in [6, 6.07) is 12.1. The SMILES string of the molecule is CC1=CSC2=NC(=O)C(=Cc3ccc(OS(=O)(=O)c4ccccc4)c(Cl)c3)C(=N)N12. The summed E-state index contributed by atoms with van der Waals surface area (Å²) >= 11 is 7.51. The number of nitrogens with one attached hydrogen (secondary N) is 1. The fourth-order valence-electron chi connectivity index (χ4n) is 2.84. The third kappa shape index (κ3) is 3.79. The number of aliphatic imine (C=N–C) groups is 1. The van der Waals surface area contributed by atoms with Crippen molar-refractivity contribution < 1.29 is 17.4 Å². The second-order valence-electron chi connectivity index (χ2n) is 6.36. The van der Waals surface area contributed by atoms with Gasteiger partial charge in [0.1, 0.15) is 10.7 Å². The van der Waals surface area contributed by atoms with Crippen molar-refractivity contribution in [2.75, 3.05) is 0 Å². The molecule has 1 N–H and O–H groups in total. The molecule has 0 spiro atoms. The minimum absolute atomic E-state index is 0.00841. The molecule has 0 bridgehead atoms. The van der Waals surface area contributed by atoms with E-state index in [4.69, 9.17) is 21.2 Å². The first-order chi connectivity index (χ1) is 14.3. The quantitative estimate of drug-likeness (QED) is 0.541. The van der Waals surface area contributed by atoms with Crippen LogP contribution in [-0.4, -0.2) is 30.2 Å². The summed E-state index contributed by atoms with van der Waals surface area (Å²) in [7, 11) is -4.03. The van der Waals surface area contributed by atoms with Crippen LogP contribution in [0.3, 0.4) is 0 Å². The Kier molecular flexibility index (Phi) is 5.27. The van der Waals surface area contributed by atoms with Crippen LogP contribution < -0.4 is 4.18 Å². The average molecular weight is 460 g/mol. The summed E-state index contributed by atoms with van der Waals surface area (Å²) in [4.78, 5) is 18.0. The second kappa shape index (κ2) is 7.75. The van der Waals surface area contributed by atoms with Crippen molar-refractivity contribution >= 4 is 56.5 Å². The van der Waals surface area contributed by atoms with Crippen LogP contribution in [0.4, 0.5) is 0 Å². The predicted molar refractivity (Wildman–Crippen MR) is 117 cm³/mol. The summed E-state index contributed by atoms with van der Waals surface area (Å²) in [5.41, 5.74) is 1.41. The highest BCUT2D eigenvalue weighted by atomic mass is 35.5. The van der Waals surface area contributed by atoms with E-state index in [0.717, 1.165) is 5.70 Å². The maximum atomic E-state index is 12.4. The number of rotatable bonds is 4. The van der Waals surface area contributed by atoms with Crippen molar-refractivity contribution in [3.05, 3.63) is 75.8 Å². The number of nitrogens with zero attached hydrogens (tertiary/aromatic N) is 2. The van der Waals surface area contributed by atoms with Crippen LogP contribution in [0.2, 0.25) is 5.02 Å². The average Bonchev–Trinajstić information content (AvgIpc) is 3.08. The number of benzene rings is 2. The first kappa shape index (κ1) is 20.4. The summed E-state index contributed by atoms with van der Waals surface area (Å²) in [6.07, 6.45) is 1.49. The molecule has 2 heterocycles. The number of halogens is 1. The fourth-order valence-corrected chi connectivity index (χ4v) is 4.94. The number of amidine groups is 2. The van der Waals surface area contributed by atoms with Gasteiger partial charge in [0.05, 0.1) is 10.6 Å². The molecule has 0 aliphatic carbocycles. The number of fused-ring (bicyclic) bond motifs is 1. The molecular weight excluding hydrogens is 446 g/mol. The first-order valence-corrected chi connectivity index (χ1v) is 11.3. The first-order valence-electron chi connectivity index (χ1n) is 8.62. The van der Waals surface area contributed by atoms with E-state index in [9.17, 15) is 13.2 Å². The monoisotopic (exact) mass is 459 g/mol. The number of carbonyl (C=O) groups is 1. The van der Waals surface area contributed by atoms with Gasteiger partial charge < -0.3 is 4.18 Å². The molecule has 0 saturated heterocycles. The van der Waals surface area contributed by atoms with Gasteiger partial charge >= 0.3 is 10.1 Å². The summed E-state index contributed by atoms with van der Waals surface area (Å²) < 4.78 is 29.9. The van der Waals surface area contributed by atoms with Crippen LogP contribution in [0, 0.1) is 5.41 Å². The lowest BCUT2D eigenvalue weighted by atomic mass is 10.1. The van der Waals surface area contributed by atoms with Crippen LogP contribution >= 0.6 is 23.4 Å². The zero-order valence-electron chi connectivity index (χ0n) is 15.5. The molecule has 2 aromatic carbocycles. The van der Waals surface area contributed by atoms with Crippen molar-refractivity contribution in [3.8, 4) is 5.75 Å². The molecule has 2 aliphatic heterocycles. The van der Waals surface area contributed by atoms with Crippen LogP contribution in [0.1, 0.15) is 12.5 Å². The van der Waals surface area contributed by atoms with Crippen LogP contribution in [-0.2, 0) is 14.9 Å². The summed E-state index contributed by atoms with van der Waals surface area (Å²) in [6.45, 7) is 1.83. The largest absolute Gasteiger partial charge is 0.377 e. The minimum Gasteiger partial charge on any atom is -0.377 e. The highest BCUT2D eigenvalue weighted by Gasteiger charge is 2.34. The lowest BCUT2D eigenvalue weighted by Crippen LogP contribution is -2.37. The number of amides is 1. The van der Waals surface area contributed by atoms with Gasteiger partial charge in [-0.3, -0.25) is 15.1 Å². The third-order valence-electron chi connectivity index (χ3n) is 4.28. The molecule has 30 heavy (non-hydrogen) atoms. The molecule has 0 atom stereocenters. The highest BCUT2D eigenvalue weighted by molar-refractivity contribution is 8.16. The van der Waals surface area contributed by atoms with Gasteiger partial charge in [-0.2, -0.15) is 13.4 Å². The Morgan fingerprint density at radius 2 is 1.93 bits per heavy atom. The van der Waals surface area contributed by atoms with E-state index in [0.29, 0.717) is 10.7 Å². The van der Waals surface area contributed by atoms with Crippen molar-refractivity contribution in [1.29, 1.82) is 5.41 Å². The zero-order chi connectivity index (χ0) is 21.5. The molecule has 0 radical (unpaired) electrons. The lowest BCUT2D eigenvalue weighted by molar-refractivity contribution is -0.114. The van der Waals surface area contributed by atoms with Crippen molar-refractivity contribution in [2.45, 2.75) is 11.8 Å². The maximum absolute atomic E-state index is 12.4. The van der Waals surface area contributed by atoms with E-state index < -0.39 is 16.0 Å². The smallest absolute Gasteiger partial charge is 0.339 e. The molecule has 2 aromatic rings. The Balaban J connectivity index is 1.62. The molecule has 0 aromatic heterocycles. The topological polar surface area (TPSA) is 99.9 Å². The number of hydrogen-bond donors (Lipinski definition) is 1. The maximum Gasteiger partial charge on any atom is 0.339 e. The van der Waals surface area contributed by atoms with Crippen molar-refractivity contribution in [3.63, 3.8) is 0 Å². The summed E-state index contributed by atoms with van der Waals surface area (Å²) in [5.74, 6) is -0.542. The molecule has 0 unspecified atom stereocenters. The number of thioether (sulfide) groups is 1. The van der Waals surface area contributed by atoms with Gasteiger partial charge in [-0.05, 0) is 48.2 Å². The van der Waals surface area contributed by atoms with Gasteiger partial charge in [-0.1, -0.05) is 47.6 Å². The van der Waals surface area contributed by atoms with Gasteiger partial charge in [0.15, 0.2) is 10.9 Å². The molecule has 0 fully saturated rings. The van der Waals surface area contributed by atoms with Gasteiger partial charge in [-0.25, -0.2) is 0 Å². The molecule has 2 aliphatic rings. The Morgan fingerprint density at radius 3 is 2.63 bits per heavy atom. The normalized spacial score (nSPS) is 17.7. The minimum atomic E-state index is -4.03. The van der Waals surface area contributed by atoms with Crippen LogP contribution in [0.15, 0.2) is 75.1 Å². The van der Waals surface area contributed by atoms with Gasteiger partial charge in [0, 0.05) is 5.70 Å².